The Balaban J connectivity index is 2.54. The predicted molar refractivity (Wildman–Crippen MR) is 57.3 cm³/mol. The zero-order valence-corrected chi connectivity index (χ0v) is 9.58. The molecule has 2 heteroatoms. The van der Waals surface area contributed by atoms with Gasteiger partial charge in [0, 0.05) is 12.8 Å². The normalized spacial score (nSPS) is 29.3. The van der Waals surface area contributed by atoms with Crippen LogP contribution in [0.2, 0.25) is 0 Å². The second-order valence-corrected chi connectivity index (χ2v) is 4.61. The molecule has 1 rings (SSSR count). The number of carbonyl (C=O) groups is 1. The van der Waals surface area contributed by atoms with E-state index < -0.39 is 0 Å². The Morgan fingerprint density at radius 1 is 1.50 bits per heavy atom. The Labute approximate surface area is 87.0 Å². The molecular weight excluding hydrogens is 176 g/mol. The minimum absolute atomic E-state index is 0.183. The molecule has 14 heavy (non-hydrogen) atoms. The number of rotatable bonds is 3. The molecule has 1 heterocycles. The smallest absolute Gasteiger partial charge is 0.135 e. The molecule has 1 aliphatic heterocycles. The molecule has 0 aromatic heterocycles. The van der Waals surface area contributed by atoms with Crippen LogP contribution in [0.1, 0.15) is 52.9 Å². The number of Topliss-reactive ketones (excluding diaryl/α,β-unsaturated/α-hetero) is 1. The van der Waals surface area contributed by atoms with Crippen molar-refractivity contribution in [3.63, 3.8) is 0 Å². The molecule has 0 aliphatic carbocycles. The van der Waals surface area contributed by atoms with Gasteiger partial charge in [0.25, 0.3) is 0 Å². The molecule has 82 valence electrons. The number of ether oxygens (including phenoxy) is 1. The van der Waals surface area contributed by atoms with Gasteiger partial charge in [0.05, 0.1) is 12.2 Å². The second-order valence-electron chi connectivity index (χ2n) is 4.61. The topological polar surface area (TPSA) is 26.3 Å². The van der Waals surface area contributed by atoms with Gasteiger partial charge >= 0.3 is 0 Å². The summed E-state index contributed by atoms with van der Waals surface area (Å²) in [5.74, 6) is 0.909. The van der Waals surface area contributed by atoms with Crippen LogP contribution in [0, 0.1) is 5.92 Å². The van der Waals surface area contributed by atoms with Gasteiger partial charge in [0.2, 0.25) is 0 Å². The maximum Gasteiger partial charge on any atom is 0.135 e. The zero-order valence-electron chi connectivity index (χ0n) is 9.58. The maximum absolute atomic E-state index is 11.5. The first-order valence-electron chi connectivity index (χ1n) is 5.80. The number of hydrogen-bond acceptors (Lipinski definition) is 2. The first-order chi connectivity index (χ1) is 6.63. The fraction of sp³-hybridized carbons (Fsp3) is 0.917. The molecule has 0 spiro atoms. The molecule has 0 bridgehead atoms. The monoisotopic (exact) mass is 198 g/mol. The Morgan fingerprint density at radius 2 is 2.21 bits per heavy atom. The molecular formula is C12H22O2. The van der Waals surface area contributed by atoms with Gasteiger partial charge in [0.1, 0.15) is 5.78 Å². The lowest BCUT2D eigenvalue weighted by Crippen LogP contribution is -2.24. The summed E-state index contributed by atoms with van der Waals surface area (Å²) >= 11 is 0. The van der Waals surface area contributed by atoms with Crippen LogP contribution < -0.4 is 0 Å². The fourth-order valence-corrected chi connectivity index (χ4v) is 2.01. The average Bonchev–Trinajstić information content (AvgIpc) is 2.28. The van der Waals surface area contributed by atoms with Crippen molar-refractivity contribution in [2.24, 2.45) is 5.92 Å². The van der Waals surface area contributed by atoms with Gasteiger partial charge in [-0.15, -0.1) is 0 Å². The SMILES string of the molecule is CCC[C@H]1CC(=O)CC[C@@H](C(C)C)O1. The highest BCUT2D eigenvalue weighted by Crippen LogP contribution is 2.23. The molecule has 0 radical (unpaired) electrons. The highest BCUT2D eigenvalue weighted by atomic mass is 16.5. The van der Waals surface area contributed by atoms with Crippen molar-refractivity contribution in [1.29, 1.82) is 0 Å². The van der Waals surface area contributed by atoms with Crippen molar-refractivity contribution >= 4 is 5.78 Å². The Bertz CT molecular complexity index is 187. The third-order valence-corrected chi connectivity index (χ3v) is 2.88. The van der Waals surface area contributed by atoms with E-state index in [4.69, 9.17) is 4.74 Å². The molecule has 2 atom stereocenters. The molecule has 1 saturated heterocycles. The third-order valence-electron chi connectivity index (χ3n) is 2.88. The van der Waals surface area contributed by atoms with E-state index in [9.17, 15) is 4.79 Å². The van der Waals surface area contributed by atoms with Crippen LogP contribution >= 0.6 is 0 Å². The number of hydrogen-bond donors (Lipinski definition) is 0. The summed E-state index contributed by atoms with van der Waals surface area (Å²) in [5.41, 5.74) is 0. The quantitative estimate of drug-likeness (QED) is 0.697. The summed E-state index contributed by atoms with van der Waals surface area (Å²) in [7, 11) is 0. The van der Waals surface area contributed by atoms with Crippen LogP contribution in [0.4, 0.5) is 0 Å². The molecule has 0 N–H and O–H groups in total. The van der Waals surface area contributed by atoms with E-state index in [1.54, 1.807) is 0 Å². The van der Waals surface area contributed by atoms with Crippen molar-refractivity contribution in [2.45, 2.75) is 65.1 Å². The minimum atomic E-state index is 0.183. The number of ketones is 1. The lowest BCUT2D eigenvalue weighted by molar-refractivity contribution is -0.120. The van der Waals surface area contributed by atoms with E-state index in [-0.39, 0.29) is 12.2 Å². The van der Waals surface area contributed by atoms with Crippen LogP contribution in [0.5, 0.6) is 0 Å². The molecule has 0 aromatic carbocycles. The molecule has 2 nitrogen and oxygen atoms in total. The van der Waals surface area contributed by atoms with Crippen LogP contribution in [0.15, 0.2) is 0 Å². The summed E-state index contributed by atoms with van der Waals surface area (Å²) in [6.45, 7) is 6.48. The van der Waals surface area contributed by atoms with E-state index in [2.05, 4.69) is 20.8 Å². The van der Waals surface area contributed by atoms with E-state index in [1.165, 1.54) is 0 Å². The summed E-state index contributed by atoms with van der Waals surface area (Å²) < 4.78 is 5.96. The molecule has 0 unspecified atom stereocenters. The molecule has 0 amide bonds. The number of carbonyl (C=O) groups excluding carboxylic acids is 1. The van der Waals surface area contributed by atoms with Gasteiger partial charge in [-0.25, -0.2) is 0 Å². The molecule has 0 saturated carbocycles. The lowest BCUT2D eigenvalue weighted by Gasteiger charge is -2.23. The largest absolute Gasteiger partial charge is 0.374 e. The van der Waals surface area contributed by atoms with Gasteiger partial charge in [-0.05, 0) is 18.8 Å². The average molecular weight is 198 g/mol. The Morgan fingerprint density at radius 3 is 2.79 bits per heavy atom. The highest BCUT2D eigenvalue weighted by Gasteiger charge is 2.25. The van der Waals surface area contributed by atoms with Crippen LogP contribution in [-0.4, -0.2) is 18.0 Å². The van der Waals surface area contributed by atoms with Crippen molar-refractivity contribution in [3.8, 4) is 0 Å². The summed E-state index contributed by atoms with van der Waals surface area (Å²) in [6, 6.07) is 0. The van der Waals surface area contributed by atoms with Crippen LogP contribution in [0.25, 0.3) is 0 Å². The zero-order chi connectivity index (χ0) is 10.6. The minimum Gasteiger partial charge on any atom is -0.374 e. The van der Waals surface area contributed by atoms with Crippen LogP contribution in [-0.2, 0) is 9.53 Å². The summed E-state index contributed by atoms with van der Waals surface area (Å²) in [4.78, 5) is 11.5. The third kappa shape index (κ3) is 3.41. The first kappa shape index (κ1) is 11.7. The fourth-order valence-electron chi connectivity index (χ4n) is 2.01. The maximum atomic E-state index is 11.5. The van der Waals surface area contributed by atoms with E-state index >= 15 is 0 Å². The molecule has 1 fully saturated rings. The highest BCUT2D eigenvalue weighted by molar-refractivity contribution is 5.79. The van der Waals surface area contributed by atoms with E-state index in [0.717, 1.165) is 19.3 Å². The van der Waals surface area contributed by atoms with Crippen molar-refractivity contribution in [2.75, 3.05) is 0 Å². The Hall–Kier alpha value is -0.370. The molecule has 1 aliphatic rings. The molecule has 0 aromatic rings. The predicted octanol–water partition coefficient (Wildman–Crippen LogP) is 2.95. The summed E-state index contributed by atoms with van der Waals surface area (Å²) in [5, 5.41) is 0. The van der Waals surface area contributed by atoms with Gasteiger partial charge in [0.15, 0.2) is 0 Å². The van der Waals surface area contributed by atoms with Gasteiger partial charge in [-0.1, -0.05) is 27.2 Å². The lowest BCUT2D eigenvalue weighted by atomic mass is 10.0. The second kappa shape index (κ2) is 5.50. The van der Waals surface area contributed by atoms with Gasteiger partial charge < -0.3 is 4.74 Å². The summed E-state index contributed by atoms with van der Waals surface area (Å²) in [6.07, 6.45) is 4.86. The van der Waals surface area contributed by atoms with Crippen molar-refractivity contribution < 1.29 is 9.53 Å². The van der Waals surface area contributed by atoms with Crippen molar-refractivity contribution in [1.82, 2.24) is 0 Å². The standard InChI is InChI=1S/C12H22O2/c1-4-5-11-8-10(13)6-7-12(14-11)9(2)3/h9,11-12H,4-8H2,1-3H3/t11-,12-/m0/s1. The first-order valence-corrected chi connectivity index (χ1v) is 5.80. The van der Waals surface area contributed by atoms with E-state index in [0.29, 0.717) is 24.5 Å². The van der Waals surface area contributed by atoms with E-state index in [1.807, 2.05) is 0 Å². The van der Waals surface area contributed by atoms with Crippen molar-refractivity contribution in [3.05, 3.63) is 0 Å². The van der Waals surface area contributed by atoms with Gasteiger partial charge in [-0.3, -0.25) is 4.79 Å². The van der Waals surface area contributed by atoms with Crippen LogP contribution in [0.3, 0.4) is 0 Å². The van der Waals surface area contributed by atoms with Gasteiger partial charge in [-0.2, -0.15) is 0 Å². The Kier molecular flexibility index (Phi) is 4.59.